The maximum atomic E-state index is 12.4. The van der Waals surface area contributed by atoms with Crippen LogP contribution in [0.25, 0.3) is 16.9 Å². The molecule has 1 aromatic carbocycles. The Morgan fingerprint density at radius 1 is 1.30 bits per heavy atom. The van der Waals surface area contributed by atoms with Gasteiger partial charge in [0, 0.05) is 23.7 Å². The molecule has 2 aromatic heterocycles. The first kappa shape index (κ1) is 14.0. The van der Waals surface area contributed by atoms with Crippen LogP contribution in [0.4, 0.5) is 0 Å². The number of H-pyrrole nitrogens is 1. The molecule has 0 saturated carbocycles. The summed E-state index contributed by atoms with van der Waals surface area (Å²) in [5, 5.41) is 6.49. The topological polar surface area (TPSA) is 71.4 Å². The van der Waals surface area contributed by atoms with Crippen LogP contribution in [0.5, 0.6) is 5.75 Å². The van der Waals surface area contributed by atoms with Gasteiger partial charge in [0.15, 0.2) is 5.65 Å². The second-order valence-electron chi connectivity index (χ2n) is 5.73. The van der Waals surface area contributed by atoms with Gasteiger partial charge in [0.05, 0.1) is 18.5 Å². The van der Waals surface area contributed by atoms with E-state index >= 15 is 0 Å². The van der Waals surface area contributed by atoms with Crippen molar-refractivity contribution < 1.29 is 4.74 Å². The summed E-state index contributed by atoms with van der Waals surface area (Å²) in [6, 6.07) is 11.4. The van der Waals surface area contributed by atoms with Gasteiger partial charge in [-0.2, -0.15) is 0 Å². The summed E-state index contributed by atoms with van der Waals surface area (Å²) >= 11 is 0. The monoisotopic (exact) mass is 310 g/mol. The van der Waals surface area contributed by atoms with Gasteiger partial charge in [-0.1, -0.05) is 12.1 Å². The first-order chi connectivity index (χ1) is 11.3. The molecule has 118 valence electrons. The van der Waals surface area contributed by atoms with Crippen LogP contribution in [0.3, 0.4) is 0 Å². The average Bonchev–Trinajstić information content (AvgIpc) is 3.24. The normalized spacial score (nSPS) is 17.7. The van der Waals surface area contributed by atoms with Gasteiger partial charge in [0.2, 0.25) is 0 Å². The van der Waals surface area contributed by atoms with Crippen molar-refractivity contribution in [3.63, 3.8) is 0 Å². The minimum absolute atomic E-state index is 0.0974. The van der Waals surface area contributed by atoms with Crippen molar-refractivity contribution >= 4 is 5.65 Å². The highest BCUT2D eigenvalue weighted by Crippen LogP contribution is 2.29. The lowest BCUT2D eigenvalue weighted by atomic mass is 10.1. The largest absolute Gasteiger partial charge is 0.496 e. The average molecular weight is 310 g/mol. The van der Waals surface area contributed by atoms with Crippen LogP contribution in [0.15, 0.2) is 41.2 Å². The second-order valence-corrected chi connectivity index (χ2v) is 5.73. The second kappa shape index (κ2) is 5.55. The molecule has 0 aliphatic carbocycles. The zero-order valence-corrected chi connectivity index (χ0v) is 12.9. The van der Waals surface area contributed by atoms with Crippen molar-refractivity contribution in [1.82, 2.24) is 19.9 Å². The van der Waals surface area contributed by atoms with Gasteiger partial charge in [-0.25, -0.2) is 9.50 Å². The molecule has 1 atom stereocenters. The van der Waals surface area contributed by atoms with Gasteiger partial charge in [-0.15, -0.1) is 0 Å². The lowest BCUT2D eigenvalue weighted by Gasteiger charge is -2.08. The van der Waals surface area contributed by atoms with E-state index in [-0.39, 0.29) is 11.6 Å². The number of para-hydroxylation sites is 1. The Labute approximate surface area is 133 Å². The molecule has 0 bridgehead atoms. The minimum Gasteiger partial charge on any atom is -0.496 e. The number of methoxy groups -OCH3 is 1. The Bertz CT molecular complexity index is 906. The number of hydrogen-bond acceptors (Lipinski definition) is 4. The first-order valence-electron chi connectivity index (χ1n) is 7.76. The van der Waals surface area contributed by atoms with E-state index in [1.165, 1.54) is 4.52 Å². The number of benzene rings is 1. The minimum atomic E-state index is -0.0974. The van der Waals surface area contributed by atoms with Crippen LogP contribution in [0.2, 0.25) is 0 Å². The van der Waals surface area contributed by atoms with Crippen LogP contribution < -0.4 is 15.6 Å². The molecule has 4 rings (SSSR count). The van der Waals surface area contributed by atoms with Gasteiger partial charge in [-0.05, 0) is 31.5 Å². The van der Waals surface area contributed by atoms with Crippen molar-refractivity contribution in [1.29, 1.82) is 0 Å². The zero-order chi connectivity index (χ0) is 15.8. The molecular formula is C17H18N4O2. The standard InChI is InChI=1S/C17H18N4O2/c1-23-15-7-3-2-5-11(15)13-9-16-19-14(12-6-4-8-18-12)10-17(22)21(16)20-13/h2-3,5,7,9-10,12,18,20H,4,6,8H2,1H3. The number of nitrogens with zero attached hydrogens (tertiary/aromatic N) is 2. The van der Waals surface area contributed by atoms with Gasteiger partial charge < -0.3 is 10.1 Å². The third kappa shape index (κ3) is 2.41. The molecule has 1 unspecified atom stereocenters. The Hall–Kier alpha value is -2.60. The van der Waals surface area contributed by atoms with Crippen molar-refractivity contribution in [2.24, 2.45) is 0 Å². The summed E-state index contributed by atoms with van der Waals surface area (Å²) in [5.41, 5.74) is 3.06. The maximum absolute atomic E-state index is 12.4. The number of fused-ring (bicyclic) bond motifs is 1. The third-order valence-corrected chi connectivity index (χ3v) is 4.28. The van der Waals surface area contributed by atoms with E-state index in [4.69, 9.17) is 4.74 Å². The Morgan fingerprint density at radius 3 is 2.96 bits per heavy atom. The fourth-order valence-corrected chi connectivity index (χ4v) is 3.13. The van der Waals surface area contributed by atoms with Gasteiger partial charge in [0.25, 0.3) is 5.56 Å². The highest BCUT2D eigenvalue weighted by atomic mass is 16.5. The predicted octanol–water partition coefficient (Wildman–Crippen LogP) is 2.12. The highest BCUT2D eigenvalue weighted by molar-refractivity contribution is 5.70. The van der Waals surface area contributed by atoms with Gasteiger partial charge in [0.1, 0.15) is 5.75 Å². The molecule has 23 heavy (non-hydrogen) atoms. The van der Waals surface area contributed by atoms with Crippen molar-refractivity contribution in [2.75, 3.05) is 13.7 Å². The fraction of sp³-hybridized carbons (Fsp3) is 0.294. The summed E-state index contributed by atoms with van der Waals surface area (Å²) in [4.78, 5) is 17.0. The van der Waals surface area contributed by atoms with Crippen LogP contribution in [-0.4, -0.2) is 28.3 Å². The van der Waals surface area contributed by atoms with E-state index in [1.54, 1.807) is 13.2 Å². The van der Waals surface area contributed by atoms with E-state index < -0.39 is 0 Å². The molecule has 2 N–H and O–H groups in total. The summed E-state index contributed by atoms with van der Waals surface area (Å²) < 4.78 is 6.87. The molecule has 1 fully saturated rings. The van der Waals surface area contributed by atoms with Gasteiger partial charge >= 0.3 is 0 Å². The maximum Gasteiger partial charge on any atom is 0.272 e. The molecule has 1 aliphatic heterocycles. The summed E-state index contributed by atoms with van der Waals surface area (Å²) in [6.07, 6.45) is 2.14. The molecule has 1 saturated heterocycles. The molecule has 1 aliphatic rings. The SMILES string of the molecule is COc1ccccc1-c1cc2nc(C3CCCN3)cc(=O)n2[nH]1. The lowest BCUT2D eigenvalue weighted by molar-refractivity contribution is 0.416. The zero-order valence-electron chi connectivity index (χ0n) is 12.9. The summed E-state index contributed by atoms with van der Waals surface area (Å²) in [7, 11) is 1.63. The van der Waals surface area contributed by atoms with E-state index in [0.29, 0.717) is 5.65 Å². The van der Waals surface area contributed by atoms with E-state index in [1.807, 2.05) is 30.3 Å². The molecule has 6 heteroatoms. The molecule has 0 radical (unpaired) electrons. The molecular weight excluding hydrogens is 292 g/mol. The number of aromatic amines is 1. The van der Waals surface area contributed by atoms with Crippen molar-refractivity contribution in [2.45, 2.75) is 18.9 Å². The molecule has 3 heterocycles. The van der Waals surface area contributed by atoms with Gasteiger partial charge in [-0.3, -0.25) is 9.89 Å². The smallest absolute Gasteiger partial charge is 0.272 e. The summed E-state index contributed by atoms with van der Waals surface area (Å²) in [5.74, 6) is 0.754. The van der Waals surface area contributed by atoms with Crippen LogP contribution in [0.1, 0.15) is 24.6 Å². The van der Waals surface area contributed by atoms with Crippen molar-refractivity contribution in [3.05, 3.63) is 52.4 Å². The Balaban J connectivity index is 1.84. The van der Waals surface area contributed by atoms with Crippen molar-refractivity contribution in [3.8, 4) is 17.0 Å². The van der Waals surface area contributed by atoms with E-state index in [0.717, 1.165) is 42.1 Å². The lowest BCUT2D eigenvalue weighted by Crippen LogP contribution is -2.20. The van der Waals surface area contributed by atoms with Crippen LogP contribution in [-0.2, 0) is 0 Å². The number of hydrogen-bond donors (Lipinski definition) is 2. The molecule has 0 spiro atoms. The van der Waals surface area contributed by atoms with E-state index in [9.17, 15) is 4.79 Å². The number of nitrogens with one attached hydrogen (secondary N) is 2. The number of ether oxygens (including phenoxy) is 1. The highest BCUT2D eigenvalue weighted by Gasteiger charge is 2.19. The quantitative estimate of drug-likeness (QED) is 0.777. The first-order valence-corrected chi connectivity index (χ1v) is 7.76. The third-order valence-electron chi connectivity index (χ3n) is 4.28. The van der Waals surface area contributed by atoms with E-state index in [2.05, 4.69) is 15.4 Å². The molecule has 3 aromatic rings. The Kier molecular flexibility index (Phi) is 3.38. The van der Waals surface area contributed by atoms with Crippen LogP contribution >= 0.6 is 0 Å². The number of rotatable bonds is 3. The summed E-state index contributed by atoms with van der Waals surface area (Å²) in [6.45, 7) is 0.977. The number of aromatic nitrogens is 3. The predicted molar refractivity (Wildman–Crippen MR) is 87.8 cm³/mol. The Morgan fingerprint density at radius 2 is 2.17 bits per heavy atom. The fourth-order valence-electron chi connectivity index (χ4n) is 3.13. The molecule has 6 nitrogen and oxygen atoms in total. The molecule has 0 amide bonds. The van der Waals surface area contributed by atoms with Crippen LogP contribution in [0, 0.1) is 0 Å².